The second-order valence-corrected chi connectivity index (χ2v) is 28.1. The molecule has 6 atom stereocenters. The maximum Gasteiger partial charge on any atom is 0.472 e. The van der Waals surface area contributed by atoms with Crippen LogP contribution in [0.15, 0.2) is 0 Å². The molecule has 498 valence electrons. The second-order valence-electron chi connectivity index (χ2n) is 25.2. The van der Waals surface area contributed by atoms with Crippen LogP contribution >= 0.6 is 15.6 Å². The minimum absolute atomic E-state index is 0.101. The van der Waals surface area contributed by atoms with E-state index in [1.54, 1.807) is 0 Å². The fraction of sp³-hybridized carbons (Fsp3) is 0.938. The molecule has 0 heterocycles. The molecule has 0 saturated heterocycles. The third kappa shape index (κ3) is 57.8. The molecule has 0 radical (unpaired) electrons. The van der Waals surface area contributed by atoms with Gasteiger partial charge in [-0.2, -0.15) is 0 Å². The van der Waals surface area contributed by atoms with E-state index < -0.39 is 97.5 Å². The smallest absolute Gasteiger partial charge is 0.462 e. The van der Waals surface area contributed by atoms with E-state index in [2.05, 4.69) is 55.4 Å². The lowest BCUT2D eigenvalue weighted by molar-refractivity contribution is -0.161. The lowest BCUT2D eigenvalue weighted by Crippen LogP contribution is -2.30. The monoisotopic (exact) mass is 1240 g/mol. The molecule has 0 aromatic rings. The first kappa shape index (κ1) is 82.1. The summed E-state index contributed by atoms with van der Waals surface area (Å²) in [5.41, 5.74) is 0. The predicted molar refractivity (Wildman–Crippen MR) is 335 cm³/mol. The van der Waals surface area contributed by atoms with Crippen molar-refractivity contribution in [2.45, 2.75) is 331 Å². The zero-order valence-corrected chi connectivity index (χ0v) is 56.3. The molecular weight excluding hydrogens is 1110 g/mol. The minimum atomic E-state index is -4.95. The molecule has 4 unspecified atom stereocenters. The third-order valence-electron chi connectivity index (χ3n) is 15.2. The summed E-state index contributed by atoms with van der Waals surface area (Å²) < 4.78 is 68.0. The zero-order chi connectivity index (χ0) is 62.5. The van der Waals surface area contributed by atoms with Crippen LogP contribution in [0, 0.1) is 23.7 Å². The summed E-state index contributed by atoms with van der Waals surface area (Å²) in [6.07, 6.45) is 35.1. The van der Waals surface area contributed by atoms with Crippen LogP contribution < -0.4 is 0 Å². The maximum absolute atomic E-state index is 13.0. The Bertz CT molecular complexity index is 1680. The van der Waals surface area contributed by atoms with Crippen LogP contribution in [0.4, 0.5) is 0 Å². The zero-order valence-electron chi connectivity index (χ0n) is 54.5. The van der Waals surface area contributed by atoms with Gasteiger partial charge in [0.1, 0.15) is 19.3 Å². The second kappa shape index (κ2) is 55.2. The Hall–Kier alpha value is -1.94. The van der Waals surface area contributed by atoms with Gasteiger partial charge in [-0.15, -0.1) is 0 Å². The van der Waals surface area contributed by atoms with Gasteiger partial charge < -0.3 is 33.8 Å². The first-order chi connectivity index (χ1) is 40.1. The van der Waals surface area contributed by atoms with E-state index in [0.717, 1.165) is 108 Å². The third-order valence-corrected chi connectivity index (χ3v) is 17.1. The number of carbonyl (C=O) groups excluding carboxylic acids is 4. The van der Waals surface area contributed by atoms with Crippen LogP contribution in [0.5, 0.6) is 0 Å². The molecule has 84 heavy (non-hydrogen) atoms. The molecule has 0 spiro atoms. The lowest BCUT2D eigenvalue weighted by atomic mass is 9.99. The van der Waals surface area contributed by atoms with Gasteiger partial charge in [0, 0.05) is 25.7 Å². The molecule has 0 saturated carbocycles. The van der Waals surface area contributed by atoms with Crippen molar-refractivity contribution >= 4 is 39.5 Å². The van der Waals surface area contributed by atoms with E-state index in [9.17, 15) is 43.2 Å². The first-order valence-corrected chi connectivity index (χ1v) is 36.7. The highest BCUT2D eigenvalue weighted by Gasteiger charge is 2.30. The molecule has 0 aliphatic rings. The minimum Gasteiger partial charge on any atom is -0.462 e. The molecule has 0 rings (SSSR count). The molecule has 0 fully saturated rings. The quantitative estimate of drug-likeness (QED) is 0.0222. The number of hydrogen-bond donors (Lipinski definition) is 3. The average Bonchev–Trinajstić information content (AvgIpc) is 3.60. The fourth-order valence-corrected chi connectivity index (χ4v) is 11.2. The van der Waals surface area contributed by atoms with Gasteiger partial charge in [-0.05, 0) is 49.4 Å². The first-order valence-electron chi connectivity index (χ1n) is 33.7. The van der Waals surface area contributed by atoms with Crippen molar-refractivity contribution in [3.63, 3.8) is 0 Å². The highest BCUT2D eigenvalue weighted by molar-refractivity contribution is 7.47. The van der Waals surface area contributed by atoms with Gasteiger partial charge in [0.05, 0.1) is 26.4 Å². The molecule has 0 bridgehead atoms. The van der Waals surface area contributed by atoms with E-state index in [1.165, 1.54) is 109 Å². The van der Waals surface area contributed by atoms with Crippen molar-refractivity contribution in [1.82, 2.24) is 0 Å². The summed E-state index contributed by atoms with van der Waals surface area (Å²) >= 11 is 0. The maximum atomic E-state index is 13.0. The standard InChI is InChI=1S/C65H126O17P2/c1-9-58(8)44-36-28-19-12-10-11-13-20-29-37-45-62(67)75-51-60(81-64(69)47-39-31-21-15-14-17-25-33-41-55(2)3)53-79-83(71,72)77-49-59(66)50-78-84(73,74)80-54-61(82-65(70)48-40-32-24-23-27-35-43-57(6)7)52-76-63(68)46-38-30-22-16-18-26-34-42-56(4)5/h55-61,66H,9-54H2,1-8H3,(H,71,72)(H,73,74)/t58?,59?,60-,61-/m1/s1. The van der Waals surface area contributed by atoms with E-state index in [-0.39, 0.29) is 25.7 Å². The predicted octanol–water partition coefficient (Wildman–Crippen LogP) is 17.8. The molecular formula is C65H126O17P2. The van der Waals surface area contributed by atoms with Crippen molar-refractivity contribution in [2.75, 3.05) is 39.6 Å². The number of hydrogen-bond acceptors (Lipinski definition) is 15. The Balaban J connectivity index is 5.24. The number of ether oxygens (including phenoxy) is 4. The number of phosphoric ester groups is 2. The number of rotatable bonds is 62. The van der Waals surface area contributed by atoms with Crippen molar-refractivity contribution in [3.05, 3.63) is 0 Å². The molecule has 0 aliphatic heterocycles. The van der Waals surface area contributed by atoms with Crippen LogP contribution in [0.1, 0.15) is 312 Å². The van der Waals surface area contributed by atoms with Crippen molar-refractivity contribution < 1.29 is 80.2 Å². The number of aliphatic hydroxyl groups excluding tert-OH is 1. The van der Waals surface area contributed by atoms with Crippen LogP contribution in [0.3, 0.4) is 0 Å². The number of phosphoric acid groups is 2. The van der Waals surface area contributed by atoms with E-state index >= 15 is 0 Å². The fourth-order valence-electron chi connectivity index (χ4n) is 9.57. The number of esters is 4. The lowest BCUT2D eigenvalue weighted by Gasteiger charge is -2.21. The van der Waals surface area contributed by atoms with Crippen LogP contribution in [-0.4, -0.2) is 96.7 Å². The summed E-state index contributed by atoms with van der Waals surface area (Å²) in [5, 5.41) is 10.5. The van der Waals surface area contributed by atoms with Crippen molar-refractivity contribution in [3.8, 4) is 0 Å². The highest BCUT2D eigenvalue weighted by Crippen LogP contribution is 2.45. The van der Waals surface area contributed by atoms with Gasteiger partial charge in [-0.3, -0.25) is 37.3 Å². The van der Waals surface area contributed by atoms with E-state index in [1.807, 2.05) is 0 Å². The summed E-state index contributed by atoms with van der Waals surface area (Å²) in [7, 11) is -9.89. The SMILES string of the molecule is CCC(C)CCCCCCCCCCCCC(=O)OC[C@H](COP(=O)(O)OCC(O)COP(=O)(O)OC[C@@H](COC(=O)CCCCCCCCCC(C)C)OC(=O)CCCCCCCCC(C)C)OC(=O)CCCCCCCCCCC(C)C. The Morgan fingerprint density at radius 3 is 0.845 bits per heavy atom. The average molecular weight is 1240 g/mol. The van der Waals surface area contributed by atoms with E-state index in [4.69, 9.17) is 37.0 Å². The van der Waals surface area contributed by atoms with Gasteiger partial charge in [0.15, 0.2) is 12.2 Å². The van der Waals surface area contributed by atoms with Gasteiger partial charge in [0.25, 0.3) is 0 Å². The Labute approximate surface area is 511 Å². The molecule has 0 amide bonds. The van der Waals surface area contributed by atoms with E-state index in [0.29, 0.717) is 37.5 Å². The Morgan fingerprint density at radius 1 is 0.333 bits per heavy atom. The summed E-state index contributed by atoms with van der Waals surface area (Å²) in [5.74, 6) is 0.760. The van der Waals surface area contributed by atoms with Crippen LogP contribution in [-0.2, 0) is 65.4 Å². The molecule has 0 aromatic heterocycles. The number of aliphatic hydroxyl groups is 1. The Kier molecular flexibility index (Phi) is 53.9. The largest absolute Gasteiger partial charge is 0.472 e. The van der Waals surface area contributed by atoms with Gasteiger partial charge in [-0.1, -0.05) is 261 Å². The summed E-state index contributed by atoms with van der Waals surface area (Å²) in [6, 6.07) is 0. The van der Waals surface area contributed by atoms with Crippen molar-refractivity contribution in [1.29, 1.82) is 0 Å². The van der Waals surface area contributed by atoms with Crippen LogP contribution in [0.2, 0.25) is 0 Å². The normalized spacial score (nSPS) is 14.7. The molecule has 17 nitrogen and oxygen atoms in total. The molecule has 0 aliphatic carbocycles. The number of unbranched alkanes of at least 4 members (excludes halogenated alkanes) is 27. The topological polar surface area (TPSA) is 237 Å². The Morgan fingerprint density at radius 2 is 0.571 bits per heavy atom. The molecule has 19 heteroatoms. The van der Waals surface area contributed by atoms with Gasteiger partial charge in [0.2, 0.25) is 0 Å². The van der Waals surface area contributed by atoms with Gasteiger partial charge in [-0.25, -0.2) is 9.13 Å². The van der Waals surface area contributed by atoms with Crippen molar-refractivity contribution in [2.24, 2.45) is 23.7 Å². The molecule has 0 aromatic carbocycles. The molecule has 3 N–H and O–H groups in total. The summed E-state index contributed by atoms with van der Waals surface area (Å²) in [6.45, 7) is 13.9. The highest BCUT2D eigenvalue weighted by atomic mass is 31.2. The van der Waals surface area contributed by atoms with Gasteiger partial charge >= 0.3 is 39.5 Å². The van der Waals surface area contributed by atoms with Crippen LogP contribution in [0.25, 0.3) is 0 Å². The number of carbonyl (C=O) groups is 4. The summed E-state index contributed by atoms with van der Waals surface area (Å²) in [4.78, 5) is 72.2.